The number of hydrogen-bond donors (Lipinski definition) is 2. The summed E-state index contributed by atoms with van der Waals surface area (Å²) in [5.41, 5.74) is 0.493. The van der Waals surface area contributed by atoms with E-state index in [1.54, 1.807) is 19.3 Å². The Morgan fingerprint density at radius 3 is 2.74 bits per heavy atom. The van der Waals surface area contributed by atoms with Gasteiger partial charge >= 0.3 is 6.18 Å². The normalized spacial score (nSPS) is 18.3. The number of amides is 1. The molecule has 0 saturated heterocycles. The number of alkyl halides is 3. The summed E-state index contributed by atoms with van der Waals surface area (Å²) in [7, 11) is 0. The van der Waals surface area contributed by atoms with Crippen molar-refractivity contribution in [2.45, 2.75) is 32.0 Å². The molecule has 0 bridgehead atoms. The molecule has 1 unspecified atom stereocenters. The van der Waals surface area contributed by atoms with Crippen LogP contribution in [0.2, 0.25) is 0 Å². The highest BCUT2D eigenvalue weighted by Gasteiger charge is 2.32. The quantitative estimate of drug-likeness (QED) is 0.461. The number of benzene rings is 1. The number of thioether (sulfide) groups is 1. The standard InChI is InChI=1S/C24H22F4N4OS/c1-14(29-8-9-30-18-11-21(34-13-18)15-2-3-15)19-10-17(5-6-20(19)25)32-23(33)16-4-7-22(31-12-16)24(26,27)28/h4-12,14-15,29H,2-3,13H2,1H3,(H,32,33). The van der Waals surface area contributed by atoms with Gasteiger partial charge in [0.2, 0.25) is 0 Å². The lowest BCUT2D eigenvalue weighted by atomic mass is 10.1. The molecule has 2 heterocycles. The first-order valence-electron chi connectivity index (χ1n) is 10.7. The van der Waals surface area contributed by atoms with Gasteiger partial charge in [-0.2, -0.15) is 13.2 Å². The third kappa shape index (κ3) is 6.05. The van der Waals surface area contributed by atoms with Gasteiger partial charge in [-0.25, -0.2) is 4.39 Å². The smallest absolute Gasteiger partial charge is 0.383 e. The van der Waals surface area contributed by atoms with Crippen molar-refractivity contribution in [1.82, 2.24) is 10.3 Å². The minimum Gasteiger partial charge on any atom is -0.383 e. The molecule has 2 aromatic rings. The maximum absolute atomic E-state index is 14.4. The fourth-order valence-corrected chi connectivity index (χ4v) is 4.51. The summed E-state index contributed by atoms with van der Waals surface area (Å²) in [5.74, 6) is 0.462. The van der Waals surface area contributed by atoms with Crippen LogP contribution >= 0.6 is 11.8 Å². The number of allylic oxidation sites excluding steroid dienone is 2. The van der Waals surface area contributed by atoms with Crippen molar-refractivity contribution < 1.29 is 22.4 Å². The summed E-state index contributed by atoms with van der Waals surface area (Å²) in [4.78, 5) is 21.5. The molecule has 1 saturated carbocycles. The maximum Gasteiger partial charge on any atom is 0.433 e. The van der Waals surface area contributed by atoms with Gasteiger partial charge in [-0.05, 0) is 67.0 Å². The van der Waals surface area contributed by atoms with E-state index in [0.717, 1.165) is 29.8 Å². The van der Waals surface area contributed by atoms with E-state index in [9.17, 15) is 22.4 Å². The Morgan fingerprint density at radius 1 is 1.26 bits per heavy atom. The molecule has 2 N–H and O–H groups in total. The molecule has 1 atom stereocenters. The zero-order chi connectivity index (χ0) is 24.3. The minimum absolute atomic E-state index is 0.0453. The van der Waals surface area contributed by atoms with Gasteiger partial charge in [-0.15, -0.1) is 11.8 Å². The van der Waals surface area contributed by atoms with E-state index in [2.05, 4.69) is 26.7 Å². The number of hydrogen-bond acceptors (Lipinski definition) is 5. The average molecular weight is 491 g/mol. The molecule has 1 aromatic carbocycles. The molecule has 0 spiro atoms. The van der Waals surface area contributed by atoms with Gasteiger partial charge in [-0.1, -0.05) is 0 Å². The number of carbonyl (C=O) groups is 1. The third-order valence-electron chi connectivity index (χ3n) is 5.37. The molecule has 1 amide bonds. The average Bonchev–Trinajstić information content (AvgIpc) is 3.55. The van der Waals surface area contributed by atoms with Crippen LogP contribution in [-0.4, -0.2) is 22.4 Å². The van der Waals surface area contributed by atoms with Crippen molar-refractivity contribution in [3.63, 3.8) is 0 Å². The first kappa shape index (κ1) is 24.0. The van der Waals surface area contributed by atoms with E-state index in [0.29, 0.717) is 17.2 Å². The first-order valence-corrected chi connectivity index (χ1v) is 11.7. The molecule has 0 radical (unpaired) electrons. The van der Waals surface area contributed by atoms with Gasteiger partial charge in [0.05, 0.1) is 17.3 Å². The van der Waals surface area contributed by atoms with Crippen molar-refractivity contribution in [2.75, 3.05) is 11.1 Å². The molecular formula is C24H22F4N4OS. The van der Waals surface area contributed by atoms with E-state index >= 15 is 0 Å². The van der Waals surface area contributed by atoms with E-state index in [1.807, 2.05) is 11.8 Å². The molecular weight excluding hydrogens is 468 g/mol. The zero-order valence-electron chi connectivity index (χ0n) is 18.2. The van der Waals surface area contributed by atoms with Crippen molar-refractivity contribution >= 4 is 29.1 Å². The molecule has 10 heteroatoms. The third-order valence-corrected chi connectivity index (χ3v) is 6.60. The van der Waals surface area contributed by atoms with E-state index < -0.39 is 29.6 Å². The van der Waals surface area contributed by atoms with Crippen LogP contribution < -0.4 is 10.6 Å². The van der Waals surface area contributed by atoms with Crippen LogP contribution in [0.4, 0.5) is 23.2 Å². The second kappa shape index (κ2) is 10.0. The summed E-state index contributed by atoms with van der Waals surface area (Å²) in [6.07, 6.45) is 4.19. The van der Waals surface area contributed by atoms with Gasteiger partial charge in [0.25, 0.3) is 5.91 Å². The summed E-state index contributed by atoms with van der Waals surface area (Å²) in [6, 6.07) is 5.43. The van der Waals surface area contributed by atoms with Crippen LogP contribution in [0.15, 0.2) is 64.9 Å². The Labute approximate surface area is 198 Å². The Bertz CT molecular complexity index is 1150. The monoisotopic (exact) mass is 490 g/mol. The molecule has 34 heavy (non-hydrogen) atoms. The van der Waals surface area contributed by atoms with Crippen LogP contribution in [0.5, 0.6) is 0 Å². The number of nitrogens with one attached hydrogen (secondary N) is 2. The lowest BCUT2D eigenvalue weighted by molar-refractivity contribution is -0.141. The molecule has 2 aliphatic rings. The van der Waals surface area contributed by atoms with Crippen molar-refractivity contribution in [3.8, 4) is 0 Å². The molecule has 1 aromatic heterocycles. The minimum atomic E-state index is -4.59. The maximum atomic E-state index is 14.4. The van der Waals surface area contributed by atoms with E-state index in [4.69, 9.17) is 0 Å². The van der Waals surface area contributed by atoms with Crippen LogP contribution in [0.25, 0.3) is 0 Å². The molecule has 4 rings (SSSR count). The predicted octanol–water partition coefficient (Wildman–Crippen LogP) is 6.10. The van der Waals surface area contributed by atoms with Crippen molar-refractivity contribution in [1.29, 1.82) is 0 Å². The zero-order valence-corrected chi connectivity index (χ0v) is 19.0. The fraction of sp³-hybridized carbons (Fsp3) is 0.292. The van der Waals surface area contributed by atoms with Gasteiger partial charge in [0.1, 0.15) is 11.5 Å². The molecule has 1 aliphatic heterocycles. The topological polar surface area (TPSA) is 66.4 Å². The Balaban J connectivity index is 1.37. The molecule has 178 valence electrons. The number of pyridine rings is 1. The van der Waals surface area contributed by atoms with E-state index in [1.165, 1.54) is 35.9 Å². The lowest BCUT2D eigenvalue weighted by Crippen LogP contribution is -2.16. The van der Waals surface area contributed by atoms with Crippen LogP contribution in [0.3, 0.4) is 0 Å². The van der Waals surface area contributed by atoms with Gasteiger partial charge in [0, 0.05) is 35.6 Å². The highest BCUT2D eigenvalue weighted by atomic mass is 32.2. The first-order chi connectivity index (χ1) is 16.2. The second-order valence-corrected chi connectivity index (χ2v) is 9.10. The highest BCUT2D eigenvalue weighted by molar-refractivity contribution is 8.04. The number of anilines is 1. The number of halogens is 4. The number of carbonyl (C=O) groups excluding carboxylic acids is 1. The van der Waals surface area contributed by atoms with Crippen LogP contribution in [-0.2, 0) is 6.18 Å². The summed E-state index contributed by atoms with van der Waals surface area (Å²) in [5, 5.41) is 5.62. The summed E-state index contributed by atoms with van der Waals surface area (Å²) >= 11 is 1.83. The SMILES string of the molecule is CC(NC=CN=C1C=C(C2CC2)SC1)c1cc(NC(=O)c2ccc(C(F)(F)F)nc2)ccc1F. The van der Waals surface area contributed by atoms with E-state index in [-0.39, 0.29) is 5.56 Å². The van der Waals surface area contributed by atoms with Gasteiger partial charge in [0.15, 0.2) is 0 Å². The highest BCUT2D eigenvalue weighted by Crippen LogP contribution is 2.44. The molecule has 1 aliphatic carbocycles. The fourth-order valence-electron chi connectivity index (χ4n) is 3.35. The Morgan fingerprint density at radius 2 is 2.06 bits per heavy atom. The van der Waals surface area contributed by atoms with Crippen molar-refractivity contribution in [3.05, 3.63) is 82.5 Å². The van der Waals surface area contributed by atoms with Crippen LogP contribution in [0.1, 0.15) is 47.4 Å². The number of rotatable bonds is 7. The predicted molar refractivity (Wildman–Crippen MR) is 125 cm³/mol. The van der Waals surface area contributed by atoms with Gasteiger partial charge in [-0.3, -0.25) is 14.8 Å². The molecule has 5 nitrogen and oxygen atoms in total. The lowest BCUT2D eigenvalue weighted by Gasteiger charge is -2.15. The number of aromatic nitrogens is 1. The van der Waals surface area contributed by atoms with Crippen LogP contribution in [0, 0.1) is 11.7 Å². The number of nitrogens with zero attached hydrogens (tertiary/aromatic N) is 2. The van der Waals surface area contributed by atoms with Crippen molar-refractivity contribution in [2.24, 2.45) is 10.9 Å². The number of aliphatic imine (C=N–C) groups is 1. The Hall–Kier alpha value is -3.14. The summed E-state index contributed by atoms with van der Waals surface area (Å²) in [6.45, 7) is 1.76. The summed E-state index contributed by atoms with van der Waals surface area (Å²) < 4.78 is 52.3. The second-order valence-electron chi connectivity index (χ2n) is 8.05. The Kier molecular flexibility index (Phi) is 7.06. The van der Waals surface area contributed by atoms with Gasteiger partial charge < -0.3 is 10.6 Å². The largest absolute Gasteiger partial charge is 0.433 e. The molecule has 1 fully saturated rings.